The van der Waals surface area contributed by atoms with E-state index in [0.29, 0.717) is 18.6 Å². The van der Waals surface area contributed by atoms with E-state index >= 15 is 0 Å². The number of rotatable bonds is 2. The lowest BCUT2D eigenvalue weighted by Crippen LogP contribution is -2.19. The van der Waals surface area contributed by atoms with E-state index in [1.54, 1.807) is 6.92 Å². The highest BCUT2D eigenvalue weighted by Gasteiger charge is 2.28. The molecule has 0 amide bonds. The van der Waals surface area contributed by atoms with E-state index in [1.807, 2.05) is 36.4 Å². The summed E-state index contributed by atoms with van der Waals surface area (Å²) in [6, 6.07) is 7.64. The van der Waals surface area contributed by atoms with Crippen LogP contribution < -0.4 is 0 Å². The van der Waals surface area contributed by atoms with Crippen LogP contribution in [0.15, 0.2) is 59.2 Å². The topological polar surface area (TPSA) is 43.4 Å². The van der Waals surface area contributed by atoms with Gasteiger partial charge in [-0.15, -0.1) is 0 Å². The lowest BCUT2D eigenvalue weighted by atomic mass is 9.78. The molecule has 0 fully saturated rings. The molecule has 3 heteroatoms. The van der Waals surface area contributed by atoms with Gasteiger partial charge in [0.05, 0.1) is 6.61 Å². The Balaban J connectivity index is 2.03. The number of fused-ring (bicyclic) bond motifs is 1. The fourth-order valence-corrected chi connectivity index (χ4v) is 2.85. The number of Topliss-reactive ketones (excluding diaryl/α,β-unsaturated/α-hetero) is 1. The smallest absolute Gasteiger partial charge is 0.331 e. The first-order valence-corrected chi connectivity index (χ1v) is 7.10. The third kappa shape index (κ3) is 2.47. The SMILES string of the molecule is CCOC(=O)C=C1CC=CC2=C1C(=O)c1ccccc1C2. The average Bonchev–Trinajstić information content (AvgIpc) is 2.48. The van der Waals surface area contributed by atoms with Crippen LogP contribution in [0.4, 0.5) is 0 Å². The molecule has 0 spiro atoms. The fourth-order valence-electron chi connectivity index (χ4n) is 2.85. The van der Waals surface area contributed by atoms with E-state index in [-0.39, 0.29) is 11.8 Å². The second-order valence-corrected chi connectivity index (χ2v) is 5.09. The number of hydrogen-bond donors (Lipinski definition) is 0. The van der Waals surface area contributed by atoms with E-state index in [4.69, 9.17) is 4.74 Å². The average molecular weight is 280 g/mol. The molecule has 0 N–H and O–H groups in total. The standard InChI is InChI=1S/C18H16O3/c1-2-21-16(19)11-14-8-5-7-13-10-12-6-3-4-9-15(12)18(20)17(13)14/h3-7,9,11H,2,8,10H2,1H3. The first-order chi connectivity index (χ1) is 10.2. The van der Waals surface area contributed by atoms with Crippen molar-refractivity contribution in [3.63, 3.8) is 0 Å². The molecule has 3 rings (SSSR count). The van der Waals surface area contributed by atoms with Crippen LogP contribution in [0.1, 0.15) is 29.3 Å². The van der Waals surface area contributed by atoms with Gasteiger partial charge in [0.2, 0.25) is 0 Å². The highest BCUT2D eigenvalue weighted by atomic mass is 16.5. The third-order valence-electron chi connectivity index (χ3n) is 3.75. The minimum absolute atomic E-state index is 0.00625. The van der Waals surface area contributed by atoms with Gasteiger partial charge in [0.1, 0.15) is 0 Å². The third-order valence-corrected chi connectivity index (χ3v) is 3.75. The maximum atomic E-state index is 12.7. The van der Waals surface area contributed by atoms with Gasteiger partial charge in [-0.1, -0.05) is 36.4 Å². The van der Waals surface area contributed by atoms with Gasteiger partial charge in [-0.25, -0.2) is 4.79 Å². The molecule has 3 nitrogen and oxygen atoms in total. The van der Waals surface area contributed by atoms with Gasteiger partial charge in [-0.2, -0.15) is 0 Å². The number of esters is 1. The zero-order valence-corrected chi connectivity index (χ0v) is 11.9. The van der Waals surface area contributed by atoms with Crippen molar-refractivity contribution in [3.8, 4) is 0 Å². The zero-order chi connectivity index (χ0) is 14.8. The molecular formula is C18H16O3. The van der Waals surface area contributed by atoms with E-state index < -0.39 is 0 Å². The maximum Gasteiger partial charge on any atom is 0.331 e. The molecular weight excluding hydrogens is 264 g/mol. The predicted octanol–water partition coefficient (Wildman–Crippen LogP) is 3.17. The summed E-state index contributed by atoms with van der Waals surface area (Å²) < 4.78 is 4.96. The van der Waals surface area contributed by atoms with Gasteiger partial charge in [-0.3, -0.25) is 4.79 Å². The number of hydrogen-bond acceptors (Lipinski definition) is 3. The van der Waals surface area contributed by atoms with Crippen LogP contribution in [0.25, 0.3) is 0 Å². The predicted molar refractivity (Wildman–Crippen MR) is 80.0 cm³/mol. The van der Waals surface area contributed by atoms with Crippen LogP contribution in [0.3, 0.4) is 0 Å². The van der Waals surface area contributed by atoms with Crippen LogP contribution in [-0.2, 0) is 16.0 Å². The normalized spacial score (nSPS) is 18.5. The number of allylic oxidation sites excluding steroid dienone is 5. The molecule has 1 aromatic carbocycles. The van der Waals surface area contributed by atoms with Crippen molar-refractivity contribution in [2.75, 3.05) is 6.61 Å². The molecule has 106 valence electrons. The minimum Gasteiger partial charge on any atom is -0.463 e. The Kier molecular flexibility index (Phi) is 3.57. The molecule has 0 aliphatic heterocycles. The van der Waals surface area contributed by atoms with E-state index in [9.17, 15) is 9.59 Å². The lowest BCUT2D eigenvalue weighted by molar-refractivity contribution is -0.137. The maximum absolute atomic E-state index is 12.7. The summed E-state index contributed by atoms with van der Waals surface area (Å²) in [5, 5.41) is 0. The molecule has 0 unspecified atom stereocenters. The highest BCUT2D eigenvalue weighted by Crippen LogP contribution is 2.35. The van der Waals surface area contributed by atoms with Gasteiger partial charge in [-0.05, 0) is 36.5 Å². The Hall–Kier alpha value is -2.42. The molecule has 0 bridgehead atoms. The first kappa shape index (κ1) is 13.6. The second kappa shape index (κ2) is 5.52. The van der Waals surface area contributed by atoms with E-state index in [1.165, 1.54) is 6.08 Å². The summed E-state index contributed by atoms with van der Waals surface area (Å²) in [5.41, 5.74) is 4.19. The first-order valence-electron chi connectivity index (χ1n) is 7.10. The summed E-state index contributed by atoms with van der Waals surface area (Å²) in [4.78, 5) is 24.4. The largest absolute Gasteiger partial charge is 0.463 e. The Morgan fingerprint density at radius 1 is 1.33 bits per heavy atom. The Labute approximate surface area is 123 Å². The second-order valence-electron chi connectivity index (χ2n) is 5.09. The van der Waals surface area contributed by atoms with E-state index in [0.717, 1.165) is 28.7 Å². The van der Waals surface area contributed by atoms with Crippen LogP contribution in [0.2, 0.25) is 0 Å². The van der Waals surface area contributed by atoms with Gasteiger partial charge in [0.15, 0.2) is 5.78 Å². The number of ketones is 1. The molecule has 21 heavy (non-hydrogen) atoms. The Morgan fingerprint density at radius 2 is 2.14 bits per heavy atom. The summed E-state index contributed by atoms with van der Waals surface area (Å²) in [5.74, 6) is -0.381. The van der Waals surface area contributed by atoms with Crippen LogP contribution in [-0.4, -0.2) is 18.4 Å². The number of carbonyl (C=O) groups excluding carboxylic acids is 2. The molecule has 2 aliphatic carbocycles. The fraction of sp³-hybridized carbons (Fsp3) is 0.222. The summed E-state index contributed by atoms with van der Waals surface area (Å²) in [6.07, 6.45) is 6.75. The number of carbonyl (C=O) groups is 2. The summed E-state index contributed by atoms with van der Waals surface area (Å²) >= 11 is 0. The monoisotopic (exact) mass is 280 g/mol. The molecule has 0 saturated carbocycles. The quantitative estimate of drug-likeness (QED) is 0.617. The summed E-state index contributed by atoms with van der Waals surface area (Å²) in [7, 11) is 0. The van der Waals surface area contributed by atoms with E-state index in [2.05, 4.69) is 0 Å². The van der Waals surface area contributed by atoms with Crippen LogP contribution in [0, 0.1) is 0 Å². The Morgan fingerprint density at radius 3 is 2.95 bits per heavy atom. The van der Waals surface area contributed by atoms with Crippen molar-refractivity contribution in [2.24, 2.45) is 0 Å². The highest BCUT2D eigenvalue weighted by molar-refractivity contribution is 6.15. The molecule has 0 aromatic heterocycles. The Bertz CT molecular complexity index is 705. The van der Waals surface area contributed by atoms with Gasteiger partial charge in [0.25, 0.3) is 0 Å². The zero-order valence-electron chi connectivity index (χ0n) is 11.9. The lowest BCUT2D eigenvalue weighted by Gasteiger charge is -2.24. The molecule has 2 aliphatic rings. The number of ether oxygens (including phenoxy) is 1. The van der Waals surface area contributed by atoms with Crippen molar-refractivity contribution >= 4 is 11.8 Å². The minimum atomic E-state index is -0.388. The van der Waals surface area contributed by atoms with Crippen molar-refractivity contribution in [2.45, 2.75) is 19.8 Å². The molecule has 0 radical (unpaired) electrons. The summed E-state index contributed by atoms with van der Waals surface area (Å²) in [6.45, 7) is 2.10. The number of benzene rings is 1. The molecule has 0 heterocycles. The molecule has 1 aromatic rings. The van der Waals surface area contributed by atoms with Crippen LogP contribution in [0.5, 0.6) is 0 Å². The van der Waals surface area contributed by atoms with Crippen LogP contribution >= 0.6 is 0 Å². The molecule has 0 atom stereocenters. The van der Waals surface area contributed by atoms with Crippen molar-refractivity contribution < 1.29 is 14.3 Å². The van der Waals surface area contributed by atoms with Gasteiger partial charge in [0, 0.05) is 17.2 Å². The van der Waals surface area contributed by atoms with Gasteiger partial charge >= 0.3 is 5.97 Å². The van der Waals surface area contributed by atoms with Crippen molar-refractivity contribution in [3.05, 3.63) is 70.3 Å². The van der Waals surface area contributed by atoms with Crippen molar-refractivity contribution in [1.29, 1.82) is 0 Å². The van der Waals surface area contributed by atoms with Gasteiger partial charge < -0.3 is 4.74 Å². The van der Waals surface area contributed by atoms with Crippen molar-refractivity contribution in [1.82, 2.24) is 0 Å². The molecule has 0 saturated heterocycles.